The van der Waals surface area contributed by atoms with Gasteiger partial charge in [-0.15, -0.1) is 0 Å². The summed E-state index contributed by atoms with van der Waals surface area (Å²) in [6, 6.07) is 3.83. The number of carbonyl (C=O) groups excluding carboxylic acids is 1. The molecule has 1 heterocycles. The lowest BCUT2D eigenvalue weighted by atomic mass is 9.87. The number of aromatic nitrogens is 1. The van der Waals surface area contributed by atoms with Crippen LogP contribution in [0.4, 0.5) is 0 Å². The molecule has 0 radical (unpaired) electrons. The van der Waals surface area contributed by atoms with E-state index in [0.29, 0.717) is 16.2 Å². The second-order valence-corrected chi connectivity index (χ2v) is 5.62. The zero-order valence-corrected chi connectivity index (χ0v) is 11.5. The van der Waals surface area contributed by atoms with E-state index in [0.717, 1.165) is 18.8 Å². The standard InChI is InChI=1S/C13H17BrN2O/c1-9-3-2-4-11(7-9)16-13(17)10-5-6-15-12(14)8-10/h5-6,8-9,11H,2-4,7H2,1H3,(H,16,17). The predicted octanol–water partition coefficient (Wildman–Crippen LogP) is 3.15. The molecule has 1 aromatic rings. The highest BCUT2D eigenvalue weighted by Gasteiger charge is 2.20. The van der Waals surface area contributed by atoms with Crippen molar-refractivity contribution in [2.24, 2.45) is 5.92 Å². The summed E-state index contributed by atoms with van der Waals surface area (Å²) in [5.74, 6) is 0.727. The lowest BCUT2D eigenvalue weighted by Crippen LogP contribution is -2.37. The van der Waals surface area contributed by atoms with E-state index < -0.39 is 0 Å². The van der Waals surface area contributed by atoms with Crippen LogP contribution in [0.15, 0.2) is 22.9 Å². The molecule has 0 spiro atoms. The fourth-order valence-electron chi connectivity index (χ4n) is 2.38. The van der Waals surface area contributed by atoms with Gasteiger partial charge in [0.15, 0.2) is 0 Å². The highest BCUT2D eigenvalue weighted by Crippen LogP contribution is 2.23. The van der Waals surface area contributed by atoms with Gasteiger partial charge in [-0.2, -0.15) is 0 Å². The molecule has 17 heavy (non-hydrogen) atoms. The maximum absolute atomic E-state index is 12.0. The van der Waals surface area contributed by atoms with Crippen LogP contribution >= 0.6 is 15.9 Å². The van der Waals surface area contributed by atoms with E-state index >= 15 is 0 Å². The Morgan fingerprint density at radius 2 is 2.35 bits per heavy atom. The number of pyridine rings is 1. The summed E-state index contributed by atoms with van der Waals surface area (Å²) in [7, 11) is 0. The molecule has 0 aromatic carbocycles. The van der Waals surface area contributed by atoms with Crippen LogP contribution in [0, 0.1) is 5.92 Å². The average Bonchev–Trinajstić information content (AvgIpc) is 2.29. The molecule has 1 aliphatic rings. The molecular formula is C13H17BrN2O. The average molecular weight is 297 g/mol. The Bertz CT molecular complexity index is 408. The van der Waals surface area contributed by atoms with Crippen molar-refractivity contribution in [1.82, 2.24) is 10.3 Å². The van der Waals surface area contributed by atoms with Crippen LogP contribution < -0.4 is 5.32 Å². The lowest BCUT2D eigenvalue weighted by Gasteiger charge is -2.27. The van der Waals surface area contributed by atoms with Gasteiger partial charge >= 0.3 is 0 Å². The Kier molecular flexibility index (Phi) is 4.15. The molecule has 1 N–H and O–H groups in total. The molecule has 2 rings (SSSR count). The fraction of sp³-hybridized carbons (Fsp3) is 0.538. The number of hydrogen-bond donors (Lipinski definition) is 1. The molecule has 1 fully saturated rings. The van der Waals surface area contributed by atoms with Crippen molar-refractivity contribution < 1.29 is 4.79 Å². The van der Waals surface area contributed by atoms with Crippen molar-refractivity contribution >= 4 is 21.8 Å². The number of hydrogen-bond acceptors (Lipinski definition) is 2. The van der Waals surface area contributed by atoms with E-state index in [1.54, 1.807) is 18.3 Å². The van der Waals surface area contributed by atoms with Crippen LogP contribution in [0.25, 0.3) is 0 Å². The minimum atomic E-state index is 0.00667. The van der Waals surface area contributed by atoms with E-state index in [-0.39, 0.29) is 5.91 Å². The van der Waals surface area contributed by atoms with E-state index in [4.69, 9.17) is 0 Å². The molecule has 92 valence electrons. The molecule has 1 aromatic heterocycles. The predicted molar refractivity (Wildman–Crippen MR) is 70.8 cm³/mol. The molecule has 2 unspecified atom stereocenters. The summed E-state index contributed by atoms with van der Waals surface area (Å²) in [6.45, 7) is 2.25. The first-order valence-electron chi connectivity index (χ1n) is 6.07. The van der Waals surface area contributed by atoms with Crippen molar-refractivity contribution in [2.75, 3.05) is 0 Å². The van der Waals surface area contributed by atoms with Gasteiger partial charge in [0.05, 0.1) is 0 Å². The number of amides is 1. The van der Waals surface area contributed by atoms with Gasteiger partial charge in [-0.25, -0.2) is 4.98 Å². The molecule has 4 heteroatoms. The van der Waals surface area contributed by atoms with Crippen LogP contribution in [0.3, 0.4) is 0 Å². The second kappa shape index (κ2) is 5.63. The van der Waals surface area contributed by atoms with E-state index in [2.05, 4.69) is 33.2 Å². The second-order valence-electron chi connectivity index (χ2n) is 4.81. The van der Waals surface area contributed by atoms with Crippen molar-refractivity contribution in [1.29, 1.82) is 0 Å². The zero-order chi connectivity index (χ0) is 12.3. The normalized spacial score (nSPS) is 24.4. The third-order valence-electron chi connectivity index (χ3n) is 3.26. The first kappa shape index (κ1) is 12.6. The number of halogens is 1. The first-order chi connectivity index (χ1) is 8.15. The molecule has 0 saturated heterocycles. The Hall–Kier alpha value is -0.900. The van der Waals surface area contributed by atoms with Crippen LogP contribution in [0.2, 0.25) is 0 Å². The van der Waals surface area contributed by atoms with Gasteiger partial charge in [-0.1, -0.05) is 19.8 Å². The maximum atomic E-state index is 12.0. The number of nitrogens with zero attached hydrogens (tertiary/aromatic N) is 1. The minimum Gasteiger partial charge on any atom is -0.349 e. The van der Waals surface area contributed by atoms with Crippen molar-refractivity contribution in [3.05, 3.63) is 28.5 Å². The Labute approximate surface area is 110 Å². The Balaban J connectivity index is 1.97. The summed E-state index contributed by atoms with van der Waals surface area (Å²) in [4.78, 5) is 16.0. The highest BCUT2D eigenvalue weighted by atomic mass is 79.9. The summed E-state index contributed by atoms with van der Waals surface area (Å²) >= 11 is 3.27. The van der Waals surface area contributed by atoms with E-state index in [1.165, 1.54) is 12.8 Å². The van der Waals surface area contributed by atoms with Crippen LogP contribution in [-0.4, -0.2) is 16.9 Å². The van der Waals surface area contributed by atoms with Gasteiger partial charge in [0.1, 0.15) is 4.60 Å². The SMILES string of the molecule is CC1CCCC(NC(=O)c2ccnc(Br)c2)C1. The van der Waals surface area contributed by atoms with E-state index in [1.807, 2.05) is 0 Å². The van der Waals surface area contributed by atoms with E-state index in [9.17, 15) is 4.79 Å². The number of carbonyl (C=O) groups is 1. The molecular weight excluding hydrogens is 280 g/mol. The molecule has 0 aliphatic heterocycles. The van der Waals surface area contributed by atoms with Gasteiger partial charge in [-0.3, -0.25) is 4.79 Å². The third-order valence-corrected chi connectivity index (χ3v) is 3.69. The molecule has 0 bridgehead atoms. The Morgan fingerprint density at radius 3 is 3.06 bits per heavy atom. The maximum Gasteiger partial charge on any atom is 0.251 e. The summed E-state index contributed by atoms with van der Waals surface area (Å²) in [5.41, 5.74) is 0.671. The molecule has 1 amide bonds. The van der Waals surface area contributed by atoms with Gasteiger partial charge in [0.25, 0.3) is 5.91 Å². The van der Waals surface area contributed by atoms with Crippen LogP contribution in [-0.2, 0) is 0 Å². The number of rotatable bonds is 2. The van der Waals surface area contributed by atoms with Crippen LogP contribution in [0.5, 0.6) is 0 Å². The van der Waals surface area contributed by atoms with Gasteiger partial charge in [0, 0.05) is 17.8 Å². The third kappa shape index (κ3) is 3.53. The topological polar surface area (TPSA) is 42.0 Å². The first-order valence-corrected chi connectivity index (χ1v) is 6.87. The molecule has 1 saturated carbocycles. The zero-order valence-electron chi connectivity index (χ0n) is 9.95. The molecule has 3 nitrogen and oxygen atoms in total. The Morgan fingerprint density at radius 1 is 1.53 bits per heavy atom. The van der Waals surface area contributed by atoms with Crippen molar-refractivity contribution in [2.45, 2.75) is 38.6 Å². The lowest BCUT2D eigenvalue weighted by molar-refractivity contribution is 0.0921. The summed E-state index contributed by atoms with van der Waals surface area (Å²) in [6.07, 6.45) is 6.34. The van der Waals surface area contributed by atoms with Crippen molar-refractivity contribution in [3.8, 4) is 0 Å². The van der Waals surface area contributed by atoms with Gasteiger partial charge in [-0.05, 0) is 46.8 Å². The fourth-order valence-corrected chi connectivity index (χ4v) is 2.74. The largest absolute Gasteiger partial charge is 0.349 e. The van der Waals surface area contributed by atoms with Gasteiger partial charge in [0.2, 0.25) is 0 Å². The van der Waals surface area contributed by atoms with Gasteiger partial charge < -0.3 is 5.32 Å². The minimum absolute atomic E-state index is 0.00667. The van der Waals surface area contributed by atoms with Crippen molar-refractivity contribution in [3.63, 3.8) is 0 Å². The summed E-state index contributed by atoms with van der Waals surface area (Å²) < 4.78 is 0.696. The molecule has 2 atom stereocenters. The van der Waals surface area contributed by atoms with Crippen LogP contribution in [0.1, 0.15) is 43.0 Å². The monoisotopic (exact) mass is 296 g/mol. The quantitative estimate of drug-likeness (QED) is 0.852. The smallest absolute Gasteiger partial charge is 0.251 e. The molecule has 1 aliphatic carbocycles. The highest BCUT2D eigenvalue weighted by molar-refractivity contribution is 9.10. The summed E-state index contributed by atoms with van der Waals surface area (Å²) in [5, 5.41) is 3.11. The number of nitrogens with one attached hydrogen (secondary N) is 1.